The summed E-state index contributed by atoms with van der Waals surface area (Å²) >= 11 is 0. The van der Waals surface area contributed by atoms with Gasteiger partial charge in [0.25, 0.3) is 0 Å². The molecule has 1 rings (SSSR count). The Kier molecular flexibility index (Phi) is 3.45. The maximum absolute atomic E-state index is 13.2. The zero-order valence-corrected chi connectivity index (χ0v) is 9.42. The molecule has 15 heavy (non-hydrogen) atoms. The molecule has 1 aromatic carbocycles. The number of nitrogens with zero attached hydrogens (tertiary/aromatic N) is 1. The quantitative estimate of drug-likeness (QED) is 0.589. The minimum absolute atomic E-state index is 0.161. The minimum atomic E-state index is -0.233. The molecule has 0 aliphatic carbocycles. The van der Waals surface area contributed by atoms with Crippen molar-refractivity contribution in [1.82, 2.24) is 0 Å². The van der Waals surface area contributed by atoms with Crippen LogP contribution in [-0.2, 0) is 6.54 Å². The molecule has 3 heteroatoms. The average Bonchev–Trinajstić information content (AvgIpc) is 2.14. The van der Waals surface area contributed by atoms with E-state index in [0.717, 1.165) is 0 Å². The lowest BCUT2D eigenvalue weighted by Crippen LogP contribution is -2.29. The summed E-state index contributed by atoms with van der Waals surface area (Å²) in [7, 11) is 0. The molecule has 0 fully saturated rings. The van der Waals surface area contributed by atoms with Crippen LogP contribution in [0, 0.1) is 11.2 Å². The molecule has 0 aliphatic rings. The van der Waals surface area contributed by atoms with Crippen molar-refractivity contribution < 1.29 is 4.39 Å². The smallest absolute Gasteiger partial charge is 0.128 e. The van der Waals surface area contributed by atoms with E-state index < -0.39 is 0 Å². The molecule has 0 aromatic heterocycles. The Morgan fingerprint density at radius 1 is 1.33 bits per heavy atom. The van der Waals surface area contributed by atoms with Crippen molar-refractivity contribution in [2.24, 2.45) is 16.1 Å². The van der Waals surface area contributed by atoms with E-state index in [2.05, 4.69) is 4.99 Å². The van der Waals surface area contributed by atoms with Gasteiger partial charge in [-0.2, -0.15) is 0 Å². The first-order valence-corrected chi connectivity index (χ1v) is 4.95. The molecule has 0 aliphatic heterocycles. The van der Waals surface area contributed by atoms with Gasteiger partial charge in [0.2, 0.25) is 0 Å². The number of nitrogens with two attached hydrogens (primary N) is 1. The Labute approximate surface area is 90.0 Å². The van der Waals surface area contributed by atoms with Crippen molar-refractivity contribution in [3.8, 4) is 0 Å². The fourth-order valence-corrected chi connectivity index (χ4v) is 1.03. The third-order valence-corrected chi connectivity index (χ3v) is 2.15. The Balaban J connectivity index is 2.77. The largest absolute Gasteiger partial charge is 0.387 e. The topological polar surface area (TPSA) is 38.4 Å². The summed E-state index contributed by atoms with van der Waals surface area (Å²) in [6.07, 6.45) is 0. The number of rotatable bonds is 2. The van der Waals surface area contributed by atoms with Gasteiger partial charge in [0, 0.05) is 11.0 Å². The van der Waals surface area contributed by atoms with Crippen LogP contribution in [0.4, 0.5) is 4.39 Å². The number of hydrogen-bond acceptors (Lipinski definition) is 1. The van der Waals surface area contributed by atoms with E-state index in [1.165, 1.54) is 6.07 Å². The molecular formula is C12H17FN2. The molecule has 0 unspecified atom stereocenters. The summed E-state index contributed by atoms with van der Waals surface area (Å²) in [6.45, 7) is 6.24. The lowest BCUT2D eigenvalue weighted by atomic mass is 9.95. The lowest BCUT2D eigenvalue weighted by molar-refractivity contribution is 0.578. The zero-order chi connectivity index (χ0) is 11.5. The van der Waals surface area contributed by atoms with Gasteiger partial charge < -0.3 is 5.73 Å². The number of aliphatic imine (C=N–C) groups is 1. The highest BCUT2D eigenvalue weighted by molar-refractivity contribution is 5.85. The summed E-state index contributed by atoms with van der Waals surface area (Å²) in [5.41, 5.74) is 6.19. The van der Waals surface area contributed by atoms with Crippen molar-refractivity contribution in [1.29, 1.82) is 0 Å². The van der Waals surface area contributed by atoms with Gasteiger partial charge in [-0.05, 0) is 6.07 Å². The van der Waals surface area contributed by atoms with Gasteiger partial charge >= 0.3 is 0 Å². The van der Waals surface area contributed by atoms with Gasteiger partial charge in [-0.15, -0.1) is 0 Å². The van der Waals surface area contributed by atoms with Gasteiger partial charge in [-0.25, -0.2) is 4.39 Å². The van der Waals surface area contributed by atoms with Crippen molar-refractivity contribution in [2.75, 3.05) is 0 Å². The normalized spacial score (nSPS) is 12.9. The molecule has 0 atom stereocenters. The molecule has 0 saturated heterocycles. The molecule has 2 nitrogen and oxygen atoms in total. The Morgan fingerprint density at radius 2 is 1.93 bits per heavy atom. The van der Waals surface area contributed by atoms with Gasteiger partial charge in [0.1, 0.15) is 5.82 Å². The summed E-state index contributed by atoms with van der Waals surface area (Å²) in [6, 6.07) is 6.60. The second kappa shape index (κ2) is 4.43. The zero-order valence-electron chi connectivity index (χ0n) is 9.42. The molecule has 0 spiro atoms. The second-order valence-corrected chi connectivity index (χ2v) is 4.54. The van der Waals surface area contributed by atoms with Crippen LogP contribution in [0.5, 0.6) is 0 Å². The SMILES string of the molecule is CC(C)(C)C(N)=NCc1ccccc1F. The van der Waals surface area contributed by atoms with Gasteiger partial charge in [0.15, 0.2) is 0 Å². The van der Waals surface area contributed by atoms with Crippen LogP contribution in [0.15, 0.2) is 29.3 Å². The molecule has 2 N–H and O–H groups in total. The second-order valence-electron chi connectivity index (χ2n) is 4.54. The predicted molar refractivity (Wildman–Crippen MR) is 61.2 cm³/mol. The molecular weight excluding hydrogens is 191 g/mol. The van der Waals surface area contributed by atoms with Crippen LogP contribution < -0.4 is 5.73 Å². The highest BCUT2D eigenvalue weighted by atomic mass is 19.1. The van der Waals surface area contributed by atoms with E-state index in [0.29, 0.717) is 17.9 Å². The van der Waals surface area contributed by atoms with Crippen LogP contribution >= 0.6 is 0 Å². The number of benzene rings is 1. The highest BCUT2D eigenvalue weighted by Crippen LogP contribution is 2.14. The van der Waals surface area contributed by atoms with Gasteiger partial charge in [-0.1, -0.05) is 39.0 Å². The minimum Gasteiger partial charge on any atom is -0.387 e. The Bertz CT molecular complexity index is 364. The molecule has 0 saturated carbocycles. The number of amidine groups is 1. The third kappa shape index (κ3) is 3.35. The fraction of sp³-hybridized carbons (Fsp3) is 0.417. The Morgan fingerprint density at radius 3 is 2.47 bits per heavy atom. The third-order valence-electron chi connectivity index (χ3n) is 2.15. The molecule has 0 heterocycles. The maximum atomic E-state index is 13.2. The van der Waals surface area contributed by atoms with Crippen LogP contribution in [0.1, 0.15) is 26.3 Å². The van der Waals surface area contributed by atoms with Crippen molar-refractivity contribution in [3.63, 3.8) is 0 Å². The lowest BCUT2D eigenvalue weighted by Gasteiger charge is -2.17. The van der Waals surface area contributed by atoms with Crippen molar-refractivity contribution in [2.45, 2.75) is 27.3 Å². The van der Waals surface area contributed by atoms with Crippen LogP contribution in [0.25, 0.3) is 0 Å². The average molecular weight is 208 g/mol. The summed E-state index contributed by atoms with van der Waals surface area (Å²) in [4.78, 5) is 4.18. The molecule has 1 aromatic rings. The van der Waals surface area contributed by atoms with Gasteiger partial charge in [-0.3, -0.25) is 4.99 Å². The first-order chi connectivity index (χ1) is 6.91. The van der Waals surface area contributed by atoms with E-state index in [-0.39, 0.29) is 11.2 Å². The van der Waals surface area contributed by atoms with Crippen LogP contribution in [0.2, 0.25) is 0 Å². The van der Waals surface area contributed by atoms with E-state index in [1.54, 1.807) is 18.2 Å². The number of hydrogen-bond donors (Lipinski definition) is 1. The predicted octanol–water partition coefficient (Wildman–Crippen LogP) is 2.73. The summed E-state index contributed by atoms with van der Waals surface area (Å²) < 4.78 is 13.2. The summed E-state index contributed by atoms with van der Waals surface area (Å²) in [5.74, 6) is 0.314. The molecule has 0 radical (unpaired) electrons. The molecule has 82 valence electrons. The van der Waals surface area contributed by atoms with E-state index in [9.17, 15) is 4.39 Å². The monoisotopic (exact) mass is 208 g/mol. The molecule has 0 bridgehead atoms. The number of halogens is 1. The Hall–Kier alpha value is -1.38. The summed E-state index contributed by atoms with van der Waals surface area (Å²) in [5, 5.41) is 0. The van der Waals surface area contributed by atoms with Crippen molar-refractivity contribution >= 4 is 5.84 Å². The van der Waals surface area contributed by atoms with Crippen molar-refractivity contribution in [3.05, 3.63) is 35.6 Å². The van der Waals surface area contributed by atoms with E-state index in [1.807, 2.05) is 20.8 Å². The fourth-order valence-electron chi connectivity index (χ4n) is 1.03. The standard InChI is InChI=1S/C12H17FN2/c1-12(2,3)11(14)15-8-9-6-4-5-7-10(9)13/h4-7H,8H2,1-3H3,(H2,14,15). The first kappa shape index (κ1) is 11.7. The van der Waals surface area contributed by atoms with Crippen LogP contribution in [-0.4, -0.2) is 5.84 Å². The maximum Gasteiger partial charge on any atom is 0.128 e. The van der Waals surface area contributed by atoms with Crippen LogP contribution in [0.3, 0.4) is 0 Å². The van der Waals surface area contributed by atoms with Gasteiger partial charge in [0.05, 0.1) is 12.4 Å². The first-order valence-electron chi connectivity index (χ1n) is 4.95. The highest BCUT2D eigenvalue weighted by Gasteiger charge is 2.15. The van der Waals surface area contributed by atoms with E-state index >= 15 is 0 Å². The molecule has 0 amide bonds. The van der Waals surface area contributed by atoms with E-state index in [4.69, 9.17) is 5.73 Å².